The van der Waals surface area contributed by atoms with Crippen LogP contribution >= 0.6 is 11.6 Å². The molecule has 1 aromatic rings. The molecule has 2 nitrogen and oxygen atoms in total. The first kappa shape index (κ1) is 14.7. The van der Waals surface area contributed by atoms with Crippen molar-refractivity contribution in [2.45, 2.75) is 25.3 Å². The molecule has 106 valence electrons. The second-order valence-corrected chi connectivity index (χ2v) is 5.22. The quantitative estimate of drug-likeness (QED) is 0.738. The predicted molar refractivity (Wildman–Crippen MR) is 71.7 cm³/mol. The Labute approximate surface area is 117 Å². The van der Waals surface area contributed by atoms with Gasteiger partial charge < -0.3 is 10.1 Å². The molecule has 1 N–H and O–H groups in total. The van der Waals surface area contributed by atoms with Crippen LogP contribution in [0.25, 0.3) is 0 Å². The van der Waals surface area contributed by atoms with E-state index in [0.717, 1.165) is 5.02 Å². The number of hydrogen-bond donors (Lipinski definition) is 1. The molecule has 1 fully saturated rings. The first-order chi connectivity index (χ1) is 9.16. The highest BCUT2D eigenvalue weighted by molar-refractivity contribution is 6.30. The van der Waals surface area contributed by atoms with E-state index in [1.165, 1.54) is 18.4 Å². The van der Waals surface area contributed by atoms with Gasteiger partial charge in [-0.25, -0.2) is 8.78 Å². The van der Waals surface area contributed by atoms with Crippen molar-refractivity contribution in [3.8, 4) is 0 Å². The maximum absolute atomic E-state index is 11.9. The summed E-state index contributed by atoms with van der Waals surface area (Å²) in [4.78, 5) is 0. The highest BCUT2D eigenvalue weighted by Crippen LogP contribution is 2.41. The van der Waals surface area contributed by atoms with Gasteiger partial charge in [-0.1, -0.05) is 23.7 Å². The van der Waals surface area contributed by atoms with Crippen molar-refractivity contribution >= 4 is 11.6 Å². The molecule has 1 atom stereocenters. The van der Waals surface area contributed by atoms with Gasteiger partial charge in [0.1, 0.15) is 6.61 Å². The lowest BCUT2D eigenvalue weighted by molar-refractivity contribution is 0.0180. The summed E-state index contributed by atoms with van der Waals surface area (Å²) in [6.45, 7) is 0.397. The monoisotopic (exact) mass is 289 g/mol. The van der Waals surface area contributed by atoms with Gasteiger partial charge in [-0.3, -0.25) is 0 Å². The number of hydrogen-bond acceptors (Lipinski definition) is 2. The SMILES string of the molecule is FC(F)COCCNC(c1ccc(Cl)cc1)C1CC1. The van der Waals surface area contributed by atoms with Gasteiger partial charge in [0.05, 0.1) is 6.61 Å². The van der Waals surface area contributed by atoms with Gasteiger partial charge in [0, 0.05) is 17.6 Å². The Kier molecular flexibility index (Phi) is 5.55. The molecule has 0 spiro atoms. The van der Waals surface area contributed by atoms with Crippen molar-refractivity contribution in [2.75, 3.05) is 19.8 Å². The number of benzene rings is 1. The highest BCUT2D eigenvalue weighted by atomic mass is 35.5. The molecule has 0 amide bonds. The molecule has 0 saturated heterocycles. The van der Waals surface area contributed by atoms with Crippen molar-refractivity contribution in [2.24, 2.45) is 5.92 Å². The Hall–Kier alpha value is -0.710. The minimum atomic E-state index is -2.39. The molecule has 5 heteroatoms. The van der Waals surface area contributed by atoms with Crippen molar-refractivity contribution in [3.05, 3.63) is 34.9 Å². The Morgan fingerprint density at radius 1 is 1.26 bits per heavy atom. The Morgan fingerprint density at radius 2 is 1.95 bits per heavy atom. The average Bonchev–Trinajstić information content (AvgIpc) is 3.19. The van der Waals surface area contributed by atoms with Crippen LogP contribution < -0.4 is 5.32 Å². The van der Waals surface area contributed by atoms with Crippen LogP contribution in [-0.2, 0) is 4.74 Å². The zero-order valence-electron chi connectivity index (χ0n) is 10.6. The van der Waals surface area contributed by atoms with Gasteiger partial charge in [0.15, 0.2) is 0 Å². The third-order valence-corrected chi connectivity index (χ3v) is 3.43. The maximum Gasteiger partial charge on any atom is 0.261 e. The van der Waals surface area contributed by atoms with Crippen molar-refractivity contribution in [1.29, 1.82) is 0 Å². The number of rotatable bonds is 8. The fourth-order valence-corrected chi connectivity index (χ4v) is 2.24. The van der Waals surface area contributed by atoms with Crippen LogP contribution in [0.15, 0.2) is 24.3 Å². The first-order valence-corrected chi connectivity index (χ1v) is 6.89. The fourth-order valence-electron chi connectivity index (χ4n) is 2.12. The molecule has 0 heterocycles. The Bertz CT molecular complexity index is 382. The Morgan fingerprint density at radius 3 is 2.53 bits per heavy atom. The largest absolute Gasteiger partial charge is 0.374 e. The minimum absolute atomic E-state index is 0.271. The predicted octanol–water partition coefficient (Wildman–Crippen LogP) is 3.66. The molecule has 0 bridgehead atoms. The number of ether oxygens (including phenoxy) is 1. The summed E-state index contributed by atoms with van der Waals surface area (Å²) in [5, 5.41) is 4.10. The molecule has 2 rings (SSSR count). The van der Waals surface area contributed by atoms with Crippen LogP contribution in [0.2, 0.25) is 5.02 Å². The lowest BCUT2D eigenvalue weighted by Gasteiger charge is -2.19. The molecule has 1 aliphatic rings. The van der Waals surface area contributed by atoms with E-state index < -0.39 is 13.0 Å². The lowest BCUT2D eigenvalue weighted by Crippen LogP contribution is -2.27. The number of nitrogens with one attached hydrogen (secondary N) is 1. The third kappa shape index (κ3) is 5.05. The summed E-state index contributed by atoms with van der Waals surface area (Å²) in [6, 6.07) is 8.05. The van der Waals surface area contributed by atoms with Crippen LogP contribution in [0, 0.1) is 5.92 Å². The van der Waals surface area contributed by atoms with Gasteiger partial charge in [-0.15, -0.1) is 0 Å². The van der Waals surface area contributed by atoms with Crippen LogP contribution in [-0.4, -0.2) is 26.2 Å². The van der Waals surface area contributed by atoms with E-state index in [2.05, 4.69) is 5.32 Å². The smallest absolute Gasteiger partial charge is 0.261 e. The van der Waals surface area contributed by atoms with Crippen LogP contribution in [0.1, 0.15) is 24.4 Å². The third-order valence-electron chi connectivity index (χ3n) is 3.18. The molecule has 0 aliphatic heterocycles. The van der Waals surface area contributed by atoms with Crippen molar-refractivity contribution in [1.82, 2.24) is 5.32 Å². The standard InChI is InChI=1S/C14H18ClF2NO/c15-12-5-3-11(4-6-12)14(10-1-2-10)18-7-8-19-9-13(16)17/h3-6,10,13-14,18H,1-2,7-9H2. The molecule has 1 unspecified atom stereocenters. The molecule has 1 aliphatic carbocycles. The molecule has 0 aromatic heterocycles. The molecule has 0 radical (unpaired) electrons. The van der Waals surface area contributed by atoms with Crippen LogP contribution in [0.4, 0.5) is 8.78 Å². The van der Waals surface area contributed by atoms with E-state index in [-0.39, 0.29) is 6.04 Å². The highest BCUT2D eigenvalue weighted by Gasteiger charge is 2.31. The average molecular weight is 290 g/mol. The van der Waals surface area contributed by atoms with Gasteiger partial charge in [0.2, 0.25) is 0 Å². The first-order valence-electron chi connectivity index (χ1n) is 6.51. The number of alkyl halides is 2. The van der Waals surface area contributed by atoms with E-state index in [0.29, 0.717) is 19.1 Å². The van der Waals surface area contributed by atoms with Gasteiger partial charge >= 0.3 is 0 Å². The number of halogens is 3. The summed E-state index contributed by atoms with van der Waals surface area (Å²) in [5.41, 5.74) is 1.20. The molecular weight excluding hydrogens is 272 g/mol. The maximum atomic E-state index is 11.9. The van der Waals surface area contributed by atoms with E-state index in [1.54, 1.807) is 0 Å². The minimum Gasteiger partial charge on any atom is -0.374 e. The summed E-state index contributed by atoms with van der Waals surface area (Å²) in [6.07, 6.45) is 0.0200. The van der Waals surface area contributed by atoms with E-state index in [9.17, 15) is 8.78 Å². The summed E-state index contributed by atoms with van der Waals surface area (Å²) in [5.74, 6) is 0.635. The normalized spacial score (nSPS) is 16.8. The van der Waals surface area contributed by atoms with E-state index in [1.807, 2.05) is 24.3 Å². The summed E-state index contributed by atoms with van der Waals surface area (Å²) in [7, 11) is 0. The van der Waals surface area contributed by atoms with Gasteiger partial charge in [-0.05, 0) is 36.5 Å². The lowest BCUT2D eigenvalue weighted by atomic mass is 10.0. The Balaban J connectivity index is 1.78. The molecular formula is C14H18ClF2NO. The topological polar surface area (TPSA) is 21.3 Å². The van der Waals surface area contributed by atoms with Gasteiger partial charge in [0.25, 0.3) is 6.43 Å². The van der Waals surface area contributed by atoms with E-state index in [4.69, 9.17) is 16.3 Å². The fraction of sp³-hybridized carbons (Fsp3) is 0.571. The van der Waals surface area contributed by atoms with Crippen LogP contribution in [0.3, 0.4) is 0 Å². The van der Waals surface area contributed by atoms with E-state index >= 15 is 0 Å². The molecule has 1 aromatic carbocycles. The van der Waals surface area contributed by atoms with Crippen molar-refractivity contribution < 1.29 is 13.5 Å². The van der Waals surface area contributed by atoms with Crippen molar-refractivity contribution in [3.63, 3.8) is 0 Å². The zero-order chi connectivity index (χ0) is 13.7. The summed E-state index contributed by atoms with van der Waals surface area (Å²) < 4.78 is 28.7. The van der Waals surface area contributed by atoms with Crippen LogP contribution in [0.5, 0.6) is 0 Å². The zero-order valence-corrected chi connectivity index (χ0v) is 11.4. The summed E-state index contributed by atoms with van der Waals surface area (Å²) >= 11 is 5.88. The second-order valence-electron chi connectivity index (χ2n) is 4.79. The molecule has 19 heavy (non-hydrogen) atoms. The van der Waals surface area contributed by atoms with Gasteiger partial charge in [-0.2, -0.15) is 0 Å². The molecule has 1 saturated carbocycles. The second kappa shape index (κ2) is 7.17.